The highest BCUT2D eigenvalue weighted by Gasteiger charge is 2.61. The number of carbonyl (C=O) groups is 1. The van der Waals surface area contributed by atoms with Crippen molar-refractivity contribution in [3.63, 3.8) is 0 Å². The van der Waals surface area contributed by atoms with Gasteiger partial charge in [0.25, 0.3) is 0 Å². The van der Waals surface area contributed by atoms with Crippen LogP contribution in [0.3, 0.4) is 0 Å². The number of para-hydroxylation sites is 1. The predicted molar refractivity (Wildman–Crippen MR) is 125 cm³/mol. The highest BCUT2D eigenvalue weighted by Crippen LogP contribution is 2.26. The van der Waals surface area contributed by atoms with Crippen LogP contribution in [0.2, 0.25) is 5.02 Å². The Bertz CT molecular complexity index is 1280. The average Bonchev–Trinajstić information content (AvgIpc) is 3.21. The van der Waals surface area contributed by atoms with Crippen LogP contribution in [0.25, 0.3) is 0 Å². The Morgan fingerprint density at radius 2 is 1.59 bits per heavy atom. The second kappa shape index (κ2) is 7.98. The van der Waals surface area contributed by atoms with Crippen LogP contribution in [0.4, 0.5) is 5.69 Å². The minimum atomic E-state index is -2.42. The maximum Gasteiger partial charge on any atom is 0.712 e. The summed E-state index contributed by atoms with van der Waals surface area (Å²) in [7, 11) is 0. The standard InChI is InChI=1S/C23H18BClN4O3/c1-16-21(27-26-20-10-6-3-7-11-20)23(30)32-24(18-8-4-2-5-9-18)29(16)28-22(31-24)17-12-14-19(25)15-13-17/h2-15,26H,1H3/b27-21-. The number of carbonyl (C=O) groups excluding carboxylic acids is 1. The summed E-state index contributed by atoms with van der Waals surface area (Å²) < 4.78 is 13.8. The van der Waals surface area contributed by atoms with E-state index in [9.17, 15) is 4.79 Å². The third kappa shape index (κ3) is 3.44. The lowest BCUT2D eigenvalue weighted by molar-refractivity contribution is -0.421. The summed E-state index contributed by atoms with van der Waals surface area (Å²) in [5.74, 6) is -0.270. The molecule has 158 valence electrons. The summed E-state index contributed by atoms with van der Waals surface area (Å²) in [6.07, 6.45) is 0. The smallest absolute Gasteiger partial charge is 0.599 e. The van der Waals surface area contributed by atoms with E-state index in [0.717, 1.165) is 5.69 Å². The Morgan fingerprint density at radius 3 is 2.28 bits per heavy atom. The number of hydrogen-bond acceptors (Lipinski definition) is 6. The van der Waals surface area contributed by atoms with Gasteiger partial charge in [-0.05, 0) is 47.0 Å². The molecule has 2 heterocycles. The number of nitrogens with zero attached hydrogens (tertiary/aromatic N) is 3. The van der Waals surface area contributed by atoms with E-state index in [1.54, 1.807) is 35.8 Å². The number of fused-ring (bicyclic) bond motifs is 1. The van der Waals surface area contributed by atoms with Gasteiger partial charge in [-0.25, -0.2) is 9.39 Å². The predicted octanol–water partition coefficient (Wildman–Crippen LogP) is 3.38. The number of rotatable bonds is 4. The minimum Gasteiger partial charge on any atom is -0.599 e. The summed E-state index contributed by atoms with van der Waals surface area (Å²) in [5.41, 5.74) is 5.67. The van der Waals surface area contributed by atoms with Gasteiger partial charge in [0.1, 0.15) is 0 Å². The van der Waals surface area contributed by atoms with E-state index in [-0.39, 0.29) is 5.71 Å². The zero-order valence-corrected chi connectivity index (χ0v) is 17.9. The molecule has 1 atom stereocenters. The van der Waals surface area contributed by atoms with E-state index in [0.29, 0.717) is 27.7 Å². The normalized spacial score (nSPS) is 21.0. The van der Waals surface area contributed by atoms with E-state index in [1.807, 2.05) is 60.7 Å². The maximum atomic E-state index is 13.1. The van der Waals surface area contributed by atoms with Crippen molar-refractivity contribution in [2.45, 2.75) is 6.92 Å². The lowest BCUT2D eigenvalue weighted by atomic mass is 9.62. The molecule has 0 spiro atoms. The molecule has 0 saturated heterocycles. The van der Waals surface area contributed by atoms with E-state index >= 15 is 0 Å². The van der Waals surface area contributed by atoms with Gasteiger partial charge in [0, 0.05) is 17.5 Å². The highest BCUT2D eigenvalue weighted by molar-refractivity contribution is 6.83. The molecule has 32 heavy (non-hydrogen) atoms. The van der Waals surface area contributed by atoms with Crippen LogP contribution in [0.5, 0.6) is 0 Å². The van der Waals surface area contributed by atoms with Gasteiger partial charge < -0.3 is 9.31 Å². The van der Waals surface area contributed by atoms with Crippen molar-refractivity contribution in [2.75, 3.05) is 5.43 Å². The van der Waals surface area contributed by atoms with Crippen molar-refractivity contribution in [3.05, 3.63) is 95.5 Å². The summed E-state index contributed by atoms with van der Waals surface area (Å²) in [6.45, 7) is -0.651. The molecule has 5 rings (SSSR count). The quantitative estimate of drug-likeness (QED) is 0.494. The fraction of sp³-hybridized carbons (Fsp3) is 0.0435. The number of anilines is 1. The monoisotopic (exact) mass is 444 g/mol. The Balaban J connectivity index is 1.62. The first-order chi connectivity index (χ1) is 15.6. The summed E-state index contributed by atoms with van der Waals surface area (Å²) in [6, 6.07) is 25.7. The van der Waals surface area contributed by atoms with Crippen LogP contribution < -0.4 is 10.9 Å². The fourth-order valence-electron chi connectivity index (χ4n) is 3.71. The Morgan fingerprint density at radius 1 is 0.938 bits per heavy atom. The second-order valence-corrected chi connectivity index (χ2v) is 7.82. The van der Waals surface area contributed by atoms with Crippen molar-refractivity contribution < 1.29 is 18.7 Å². The molecule has 1 N–H and O–H groups in total. The molecule has 0 saturated carbocycles. The molecule has 0 bridgehead atoms. The molecule has 0 fully saturated rings. The summed E-state index contributed by atoms with van der Waals surface area (Å²) in [4.78, 5) is 13.1. The minimum absolute atomic E-state index is 0.118. The van der Waals surface area contributed by atoms with E-state index in [2.05, 4.69) is 15.6 Å². The maximum absolute atomic E-state index is 13.1. The van der Waals surface area contributed by atoms with E-state index < -0.39 is 12.7 Å². The van der Waals surface area contributed by atoms with Gasteiger partial charge in [-0.15, -0.1) is 0 Å². The molecule has 3 aromatic carbocycles. The van der Waals surface area contributed by atoms with Crippen LogP contribution in [-0.2, 0) is 14.1 Å². The van der Waals surface area contributed by atoms with Crippen LogP contribution in [0.15, 0.2) is 95.1 Å². The lowest BCUT2D eigenvalue weighted by Gasteiger charge is -2.32. The molecule has 0 radical (unpaired) electrons. The van der Waals surface area contributed by atoms with Crippen molar-refractivity contribution >= 4 is 52.7 Å². The Hall–Kier alpha value is -3.91. The third-order valence-corrected chi connectivity index (χ3v) is 5.57. The van der Waals surface area contributed by atoms with Gasteiger partial charge in [0.15, 0.2) is 5.71 Å². The largest absolute Gasteiger partial charge is 0.712 e. The zero-order chi connectivity index (χ0) is 22.1. The second-order valence-electron chi connectivity index (χ2n) is 7.39. The molecule has 7 nitrogen and oxygen atoms in total. The number of hydrazone groups is 2. The SMILES string of the molecule is CC1=[N+]2N=C(c3ccc(Cl)cc3)O[B-]2(c2ccccc2)OC(=O)/C1=N\Nc1ccccc1. The highest BCUT2D eigenvalue weighted by atomic mass is 35.5. The Kier molecular flexibility index (Phi) is 4.99. The van der Waals surface area contributed by atoms with Gasteiger partial charge in [0.05, 0.1) is 5.69 Å². The molecule has 2 aliphatic rings. The van der Waals surface area contributed by atoms with Gasteiger partial charge in [-0.2, -0.15) is 5.10 Å². The fourth-order valence-corrected chi connectivity index (χ4v) is 3.84. The first-order valence-electron chi connectivity index (χ1n) is 10.1. The van der Waals surface area contributed by atoms with Crippen LogP contribution in [-0.4, -0.2) is 34.6 Å². The van der Waals surface area contributed by atoms with Crippen molar-refractivity contribution in [3.8, 4) is 0 Å². The average molecular weight is 445 g/mol. The van der Waals surface area contributed by atoms with Gasteiger partial charge in [0.2, 0.25) is 11.6 Å². The van der Waals surface area contributed by atoms with Gasteiger partial charge in [-0.1, -0.05) is 60.1 Å². The zero-order valence-electron chi connectivity index (χ0n) is 17.1. The van der Waals surface area contributed by atoms with Crippen LogP contribution >= 0.6 is 11.6 Å². The topological polar surface area (TPSA) is 75.3 Å². The van der Waals surface area contributed by atoms with Crippen LogP contribution in [0, 0.1) is 0 Å². The molecule has 3 aromatic rings. The number of hydrogen-bond donors (Lipinski definition) is 1. The van der Waals surface area contributed by atoms with Crippen molar-refractivity contribution in [1.82, 2.24) is 0 Å². The van der Waals surface area contributed by atoms with E-state index in [1.165, 1.54) is 0 Å². The molecule has 0 aliphatic carbocycles. The van der Waals surface area contributed by atoms with Crippen molar-refractivity contribution in [2.24, 2.45) is 10.2 Å². The molecule has 9 heteroatoms. The van der Waals surface area contributed by atoms with Gasteiger partial charge in [-0.3, -0.25) is 5.43 Å². The van der Waals surface area contributed by atoms with Gasteiger partial charge >= 0.3 is 12.7 Å². The first kappa shape index (κ1) is 20.0. The number of nitrogens with one attached hydrogen (secondary N) is 1. The lowest BCUT2D eigenvalue weighted by Crippen LogP contribution is -2.66. The summed E-state index contributed by atoms with van der Waals surface area (Å²) in [5, 5.41) is 9.56. The molecule has 0 aromatic heterocycles. The van der Waals surface area contributed by atoms with Crippen LogP contribution in [0.1, 0.15) is 12.5 Å². The third-order valence-electron chi connectivity index (χ3n) is 5.32. The van der Waals surface area contributed by atoms with E-state index in [4.69, 9.17) is 20.9 Å². The number of benzene rings is 3. The molecule has 0 amide bonds. The number of halogens is 1. The molecule has 1 unspecified atom stereocenters. The molecular weight excluding hydrogens is 427 g/mol. The summed E-state index contributed by atoms with van der Waals surface area (Å²) >= 11 is 6.03. The van der Waals surface area contributed by atoms with Crippen molar-refractivity contribution in [1.29, 1.82) is 0 Å². The first-order valence-corrected chi connectivity index (χ1v) is 10.4. The Labute approximate surface area is 189 Å². The molecule has 2 aliphatic heterocycles. The molecular formula is C23H18BClN4O3.